The summed E-state index contributed by atoms with van der Waals surface area (Å²) in [5.41, 5.74) is 2.67. The number of hydrogen-bond acceptors (Lipinski definition) is 2. The van der Waals surface area contributed by atoms with Crippen LogP contribution in [0.1, 0.15) is 50.7 Å². The molecule has 0 saturated carbocycles. The maximum atomic E-state index is 8.91. The number of aryl methyl sites for hydroxylation is 1. The fourth-order valence-electron chi connectivity index (χ4n) is 2.05. The molecule has 1 aromatic carbocycles. The first-order valence-electron chi connectivity index (χ1n) is 6.67. The summed E-state index contributed by atoms with van der Waals surface area (Å²) in [4.78, 5) is 0. The van der Waals surface area contributed by atoms with Crippen molar-refractivity contribution in [1.29, 1.82) is 0 Å². The van der Waals surface area contributed by atoms with Crippen LogP contribution in [-0.4, -0.2) is 11.9 Å². The Morgan fingerprint density at radius 1 is 1.06 bits per heavy atom. The second kappa shape index (κ2) is 8.13. The summed E-state index contributed by atoms with van der Waals surface area (Å²) in [5.74, 6) is 0.856. The number of hydrogen-bond donors (Lipinski definition) is 1. The smallest absolute Gasteiger partial charge is 0.186 e. The Balaban J connectivity index is 2.87. The summed E-state index contributed by atoms with van der Waals surface area (Å²) in [7, 11) is 0. The Morgan fingerprint density at radius 3 is 2.41 bits per heavy atom. The van der Waals surface area contributed by atoms with E-state index in [4.69, 9.17) is 9.84 Å². The molecule has 1 N–H and O–H groups in total. The third-order valence-corrected chi connectivity index (χ3v) is 3.03. The second-order valence-corrected chi connectivity index (χ2v) is 4.37. The second-order valence-electron chi connectivity index (χ2n) is 4.37. The van der Waals surface area contributed by atoms with Crippen molar-refractivity contribution >= 4 is 0 Å². The Bertz CT molecular complexity index is 321. The number of rotatable bonds is 8. The Kier molecular flexibility index (Phi) is 6.71. The zero-order chi connectivity index (χ0) is 12.5. The van der Waals surface area contributed by atoms with Crippen molar-refractivity contribution in [1.82, 2.24) is 0 Å². The number of benzene rings is 1. The zero-order valence-electron chi connectivity index (χ0n) is 11.0. The van der Waals surface area contributed by atoms with Crippen LogP contribution in [0.25, 0.3) is 0 Å². The lowest BCUT2D eigenvalue weighted by molar-refractivity contribution is 0.0974. The van der Waals surface area contributed by atoms with Crippen molar-refractivity contribution in [3.05, 3.63) is 29.3 Å². The van der Waals surface area contributed by atoms with Crippen molar-refractivity contribution in [3.63, 3.8) is 0 Å². The molecule has 17 heavy (non-hydrogen) atoms. The van der Waals surface area contributed by atoms with Gasteiger partial charge in [0, 0.05) is 0 Å². The Hall–Kier alpha value is -1.02. The predicted molar refractivity (Wildman–Crippen MR) is 71.4 cm³/mol. The molecular weight excluding hydrogens is 212 g/mol. The van der Waals surface area contributed by atoms with E-state index in [0.29, 0.717) is 0 Å². The van der Waals surface area contributed by atoms with Crippen molar-refractivity contribution in [2.24, 2.45) is 0 Å². The highest BCUT2D eigenvalue weighted by Gasteiger charge is 2.08. The third kappa shape index (κ3) is 4.39. The van der Waals surface area contributed by atoms with Gasteiger partial charge in [-0.1, -0.05) is 38.8 Å². The molecule has 1 aromatic rings. The largest absolute Gasteiger partial charge is 0.467 e. The topological polar surface area (TPSA) is 29.5 Å². The molecule has 2 heteroatoms. The van der Waals surface area contributed by atoms with Gasteiger partial charge in [0.2, 0.25) is 0 Å². The molecule has 0 heterocycles. The molecular formula is C15H24O2. The van der Waals surface area contributed by atoms with E-state index in [1.165, 1.54) is 36.8 Å². The Morgan fingerprint density at radius 2 is 1.76 bits per heavy atom. The average molecular weight is 236 g/mol. The summed E-state index contributed by atoms with van der Waals surface area (Å²) in [6.07, 6.45) is 6.93. The first kappa shape index (κ1) is 14.0. The number of unbranched alkanes of at least 4 members (excludes halogenated alkanes) is 2. The summed E-state index contributed by atoms with van der Waals surface area (Å²) < 4.78 is 5.31. The van der Waals surface area contributed by atoms with Crippen LogP contribution in [0, 0.1) is 0 Å². The van der Waals surface area contributed by atoms with Gasteiger partial charge >= 0.3 is 0 Å². The van der Waals surface area contributed by atoms with E-state index in [1.54, 1.807) is 0 Å². The molecule has 2 nitrogen and oxygen atoms in total. The maximum Gasteiger partial charge on any atom is 0.186 e. The van der Waals surface area contributed by atoms with E-state index >= 15 is 0 Å². The molecule has 0 spiro atoms. The molecule has 0 atom stereocenters. The van der Waals surface area contributed by atoms with Gasteiger partial charge in [-0.2, -0.15) is 0 Å². The summed E-state index contributed by atoms with van der Waals surface area (Å²) in [6.45, 7) is 4.16. The molecule has 0 aliphatic heterocycles. The van der Waals surface area contributed by atoms with E-state index in [9.17, 15) is 0 Å². The van der Waals surface area contributed by atoms with Gasteiger partial charge in [0.05, 0.1) is 0 Å². The monoisotopic (exact) mass is 236 g/mol. The van der Waals surface area contributed by atoms with E-state index in [2.05, 4.69) is 19.9 Å². The summed E-state index contributed by atoms with van der Waals surface area (Å²) in [5, 5.41) is 8.91. The molecule has 0 aliphatic rings. The van der Waals surface area contributed by atoms with Crippen LogP contribution in [0.5, 0.6) is 5.75 Å². The van der Waals surface area contributed by atoms with Crippen LogP contribution in [0.4, 0.5) is 0 Å². The molecule has 0 unspecified atom stereocenters. The lowest BCUT2D eigenvalue weighted by atomic mass is 9.97. The van der Waals surface area contributed by atoms with Crippen molar-refractivity contribution in [2.75, 3.05) is 6.79 Å². The van der Waals surface area contributed by atoms with Crippen molar-refractivity contribution in [2.45, 2.75) is 52.4 Å². The Labute approximate surface area is 105 Å². The first-order chi connectivity index (χ1) is 8.33. The standard InChI is InChI=1S/C15H24O2/c1-3-5-8-13-9-7-11-15(17-12-16)14(13)10-6-4-2/h7,9,11,16H,3-6,8,10,12H2,1-2H3. The van der Waals surface area contributed by atoms with Gasteiger partial charge in [-0.25, -0.2) is 0 Å². The normalized spacial score (nSPS) is 10.5. The number of aliphatic hydroxyl groups is 1. The first-order valence-corrected chi connectivity index (χ1v) is 6.67. The average Bonchev–Trinajstić information content (AvgIpc) is 2.35. The van der Waals surface area contributed by atoms with Gasteiger partial charge in [-0.15, -0.1) is 0 Å². The molecule has 96 valence electrons. The van der Waals surface area contributed by atoms with Crippen LogP contribution in [0.3, 0.4) is 0 Å². The molecule has 0 saturated heterocycles. The quantitative estimate of drug-likeness (QED) is 0.697. The minimum Gasteiger partial charge on any atom is -0.467 e. The molecule has 0 aromatic heterocycles. The van der Waals surface area contributed by atoms with Gasteiger partial charge in [-0.3, -0.25) is 0 Å². The molecule has 0 aliphatic carbocycles. The van der Waals surface area contributed by atoms with Crippen LogP contribution in [0.2, 0.25) is 0 Å². The van der Waals surface area contributed by atoms with Crippen molar-refractivity contribution < 1.29 is 9.84 Å². The minimum atomic E-state index is -0.240. The molecule has 1 rings (SSSR count). The summed E-state index contributed by atoms with van der Waals surface area (Å²) in [6, 6.07) is 6.16. The van der Waals surface area contributed by atoms with E-state index < -0.39 is 0 Å². The SMILES string of the molecule is CCCCc1cccc(OCO)c1CCCC. The predicted octanol–water partition coefficient (Wildman–Crippen LogP) is 3.70. The van der Waals surface area contributed by atoms with Gasteiger partial charge in [0.1, 0.15) is 5.75 Å². The van der Waals surface area contributed by atoms with Gasteiger partial charge in [-0.05, 0) is 42.9 Å². The number of ether oxygens (including phenoxy) is 1. The fourth-order valence-corrected chi connectivity index (χ4v) is 2.05. The fraction of sp³-hybridized carbons (Fsp3) is 0.600. The van der Waals surface area contributed by atoms with Gasteiger partial charge in [0.15, 0.2) is 6.79 Å². The minimum absolute atomic E-state index is 0.240. The van der Waals surface area contributed by atoms with Crippen LogP contribution >= 0.6 is 0 Å². The maximum absolute atomic E-state index is 8.91. The van der Waals surface area contributed by atoms with Crippen LogP contribution in [-0.2, 0) is 12.8 Å². The van der Waals surface area contributed by atoms with E-state index in [-0.39, 0.29) is 6.79 Å². The highest BCUT2D eigenvalue weighted by Crippen LogP contribution is 2.25. The van der Waals surface area contributed by atoms with Crippen molar-refractivity contribution in [3.8, 4) is 5.75 Å². The van der Waals surface area contributed by atoms with E-state index in [1.807, 2.05) is 12.1 Å². The summed E-state index contributed by atoms with van der Waals surface area (Å²) >= 11 is 0. The van der Waals surface area contributed by atoms with Crippen LogP contribution < -0.4 is 4.74 Å². The van der Waals surface area contributed by atoms with Crippen LogP contribution in [0.15, 0.2) is 18.2 Å². The van der Waals surface area contributed by atoms with Gasteiger partial charge in [0.25, 0.3) is 0 Å². The van der Waals surface area contributed by atoms with Gasteiger partial charge < -0.3 is 9.84 Å². The third-order valence-electron chi connectivity index (χ3n) is 3.03. The van der Waals surface area contributed by atoms with E-state index in [0.717, 1.165) is 18.6 Å². The highest BCUT2D eigenvalue weighted by atomic mass is 16.6. The number of aliphatic hydroxyl groups excluding tert-OH is 1. The lowest BCUT2D eigenvalue weighted by Gasteiger charge is -2.14. The highest BCUT2D eigenvalue weighted by molar-refractivity contribution is 5.40. The molecule has 0 amide bonds. The molecule has 0 fully saturated rings. The molecule has 0 radical (unpaired) electrons. The zero-order valence-corrected chi connectivity index (χ0v) is 11.0. The molecule has 0 bridgehead atoms. The lowest BCUT2D eigenvalue weighted by Crippen LogP contribution is -2.02.